The van der Waals surface area contributed by atoms with E-state index in [1.807, 2.05) is 0 Å². The second-order valence-electron chi connectivity index (χ2n) is 5.05. The summed E-state index contributed by atoms with van der Waals surface area (Å²) < 4.78 is 0. The van der Waals surface area contributed by atoms with Crippen LogP contribution in [0.2, 0.25) is 0 Å². The van der Waals surface area contributed by atoms with Crippen molar-refractivity contribution in [3.8, 4) is 0 Å². The Hall–Kier alpha value is -2.18. The van der Waals surface area contributed by atoms with E-state index in [9.17, 15) is 14.7 Å². The number of carbonyl (C=O) groups is 2. The summed E-state index contributed by atoms with van der Waals surface area (Å²) >= 11 is 0. The number of carbonyl (C=O) groups excluding carboxylic acids is 1. The van der Waals surface area contributed by atoms with Crippen molar-refractivity contribution in [3.63, 3.8) is 0 Å². The van der Waals surface area contributed by atoms with Crippen molar-refractivity contribution in [1.82, 2.24) is 15.3 Å². The molecule has 0 saturated heterocycles. The van der Waals surface area contributed by atoms with Gasteiger partial charge in [-0.3, -0.25) is 4.79 Å². The van der Waals surface area contributed by atoms with Crippen LogP contribution < -0.4 is 10.2 Å². The van der Waals surface area contributed by atoms with Gasteiger partial charge in [0, 0.05) is 19.4 Å². The quantitative estimate of drug-likeness (QED) is 0.810. The molecule has 1 aliphatic rings. The Balaban J connectivity index is 1.97. The van der Waals surface area contributed by atoms with E-state index in [4.69, 9.17) is 0 Å². The topological polar surface area (TPSA) is 95.4 Å². The van der Waals surface area contributed by atoms with Crippen molar-refractivity contribution in [1.29, 1.82) is 0 Å². The Morgan fingerprint density at radius 3 is 2.50 bits per heavy atom. The number of likely N-dealkylation sites (N-methyl/N-ethyl adjacent to an activating group) is 1. The van der Waals surface area contributed by atoms with E-state index in [0.717, 1.165) is 12.8 Å². The summed E-state index contributed by atoms with van der Waals surface area (Å²) in [6.45, 7) is 0.0268. The van der Waals surface area contributed by atoms with Gasteiger partial charge in [0.1, 0.15) is 5.54 Å². The van der Waals surface area contributed by atoms with E-state index in [1.165, 1.54) is 0 Å². The number of anilines is 1. The predicted molar refractivity (Wildman–Crippen MR) is 72.3 cm³/mol. The highest BCUT2D eigenvalue weighted by Crippen LogP contribution is 2.29. The number of aliphatic carboxylic acids is 1. The normalized spacial score (nSPS) is 16.6. The average Bonchev–Trinajstić information content (AvgIpc) is 2.89. The molecule has 0 radical (unpaired) electrons. The Morgan fingerprint density at radius 2 is 1.95 bits per heavy atom. The third kappa shape index (κ3) is 3.04. The van der Waals surface area contributed by atoms with Gasteiger partial charge in [0.2, 0.25) is 11.9 Å². The van der Waals surface area contributed by atoms with Crippen LogP contribution in [-0.4, -0.2) is 46.1 Å². The Kier molecular flexibility index (Phi) is 4.16. The van der Waals surface area contributed by atoms with E-state index < -0.39 is 11.5 Å². The number of hydrogen-bond acceptors (Lipinski definition) is 5. The van der Waals surface area contributed by atoms with Gasteiger partial charge >= 0.3 is 5.97 Å². The SMILES string of the molecule is CN(CC(=O)NC1(C(=O)O)CCCC1)c1ncccn1. The molecule has 1 saturated carbocycles. The minimum absolute atomic E-state index is 0.0268. The van der Waals surface area contributed by atoms with Crippen molar-refractivity contribution < 1.29 is 14.7 Å². The lowest BCUT2D eigenvalue weighted by Crippen LogP contribution is -2.54. The fraction of sp³-hybridized carbons (Fsp3) is 0.538. The van der Waals surface area contributed by atoms with Gasteiger partial charge in [-0.15, -0.1) is 0 Å². The van der Waals surface area contributed by atoms with E-state index in [-0.39, 0.29) is 12.5 Å². The minimum atomic E-state index is -1.10. The zero-order chi connectivity index (χ0) is 14.6. The Labute approximate surface area is 117 Å². The van der Waals surface area contributed by atoms with Gasteiger partial charge in [-0.2, -0.15) is 0 Å². The molecule has 108 valence electrons. The molecule has 1 aromatic heterocycles. The van der Waals surface area contributed by atoms with Gasteiger partial charge in [0.05, 0.1) is 6.54 Å². The summed E-state index contributed by atoms with van der Waals surface area (Å²) in [7, 11) is 1.69. The van der Waals surface area contributed by atoms with Gasteiger partial charge in [-0.05, 0) is 18.9 Å². The number of hydrogen-bond donors (Lipinski definition) is 2. The average molecular weight is 278 g/mol. The maximum atomic E-state index is 12.0. The summed E-state index contributed by atoms with van der Waals surface area (Å²) in [5, 5.41) is 12.0. The number of rotatable bonds is 5. The molecular formula is C13H18N4O3. The van der Waals surface area contributed by atoms with E-state index in [2.05, 4.69) is 15.3 Å². The third-order valence-electron chi connectivity index (χ3n) is 3.52. The summed E-state index contributed by atoms with van der Waals surface area (Å²) in [5.41, 5.74) is -1.10. The number of aromatic nitrogens is 2. The van der Waals surface area contributed by atoms with Crippen LogP contribution in [0.1, 0.15) is 25.7 Å². The number of carboxylic acids is 1. The highest BCUT2D eigenvalue weighted by Gasteiger charge is 2.42. The largest absolute Gasteiger partial charge is 0.480 e. The van der Waals surface area contributed by atoms with Gasteiger partial charge in [-0.25, -0.2) is 14.8 Å². The summed E-state index contributed by atoms with van der Waals surface area (Å²) in [6.07, 6.45) is 5.80. The van der Waals surface area contributed by atoms with Crippen LogP contribution in [0.3, 0.4) is 0 Å². The lowest BCUT2D eigenvalue weighted by atomic mass is 9.98. The minimum Gasteiger partial charge on any atom is -0.480 e. The molecule has 0 bridgehead atoms. The fourth-order valence-electron chi connectivity index (χ4n) is 2.45. The van der Waals surface area contributed by atoms with Crippen LogP contribution in [0, 0.1) is 0 Å². The monoisotopic (exact) mass is 278 g/mol. The van der Waals surface area contributed by atoms with Crippen molar-refractivity contribution in [2.45, 2.75) is 31.2 Å². The first-order valence-electron chi connectivity index (χ1n) is 6.56. The molecule has 1 fully saturated rings. The second kappa shape index (κ2) is 5.85. The van der Waals surface area contributed by atoms with Crippen LogP contribution in [0.4, 0.5) is 5.95 Å². The van der Waals surface area contributed by atoms with Gasteiger partial charge in [0.15, 0.2) is 0 Å². The molecule has 0 unspecified atom stereocenters. The summed E-state index contributed by atoms with van der Waals surface area (Å²) in [5.74, 6) is -0.857. The first kappa shape index (κ1) is 14.2. The first-order chi connectivity index (χ1) is 9.53. The predicted octanol–water partition coefficient (Wildman–Crippen LogP) is 0.426. The molecule has 2 N–H and O–H groups in total. The molecule has 1 amide bonds. The zero-order valence-corrected chi connectivity index (χ0v) is 11.4. The second-order valence-corrected chi connectivity index (χ2v) is 5.05. The Bertz CT molecular complexity index is 486. The van der Waals surface area contributed by atoms with E-state index in [0.29, 0.717) is 18.8 Å². The molecule has 1 aliphatic carbocycles. The van der Waals surface area contributed by atoms with Gasteiger partial charge in [-0.1, -0.05) is 12.8 Å². The molecule has 7 heteroatoms. The molecule has 1 heterocycles. The number of nitrogens with one attached hydrogen (secondary N) is 1. The molecule has 2 rings (SSSR count). The summed E-state index contributed by atoms with van der Waals surface area (Å²) in [6, 6.07) is 1.69. The van der Waals surface area contributed by atoms with Crippen molar-refractivity contribution in [3.05, 3.63) is 18.5 Å². The standard InChI is InChI=1S/C13H18N4O3/c1-17(12-14-7-4-8-15-12)9-10(18)16-13(11(19)20)5-2-3-6-13/h4,7-8H,2-3,5-6,9H2,1H3,(H,16,18)(H,19,20). The van der Waals surface area contributed by atoms with Crippen LogP contribution in [-0.2, 0) is 9.59 Å². The molecule has 7 nitrogen and oxygen atoms in total. The molecule has 0 atom stereocenters. The molecule has 20 heavy (non-hydrogen) atoms. The first-order valence-corrected chi connectivity index (χ1v) is 6.56. The maximum absolute atomic E-state index is 12.0. The molecular weight excluding hydrogens is 260 g/mol. The third-order valence-corrected chi connectivity index (χ3v) is 3.52. The molecule has 1 aromatic rings. The smallest absolute Gasteiger partial charge is 0.329 e. The zero-order valence-electron chi connectivity index (χ0n) is 11.4. The lowest BCUT2D eigenvalue weighted by Gasteiger charge is -2.26. The molecule has 0 aromatic carbocycles. The highest BCUT2D eigenvalue weighted by atomic mass is 16.4. The Morgan fingerprint density at radius 1 is 1.35 bits per heavy atom. The molecule has 0 aliphatic heterocycles. The van der Waals surface area contributed by atoms with E-state index in [1.54, 1.807) is 30.4 Å². The number of amides is 1. The van der Waals surface area contributed by atoms with Gasteiger partial charge < -0.3 is 15.3 Å². The van der Waals surface area contributed by atoms with Crippen molar-refractivity contribution >= 4 is 17.8 Å². The van der Waals surface area contributed by atoms with Crippen LogP contribution in [0.15, 0.2) is 18.5 Å². The maximum Gasteiger partial charge on any atom is 0.329 e. The highest BCUT2D eigenvalue weighted by molar-refractivity contribution is 5.89. The summed E-state index contributed by atoms with van der Waals surface area (Å²) in [4.78, 5) is 33.0. The fourth-order valence-corrected chi connectivity index (χ4v) is 2.45. The van der Waals surface area contributed by atoms with Gasteiger partial charge in [0.25, 0.3) is 0 Å². The number of carboxylic acid groups (broad SMARTS) is 1. The van der Waals surface area contributed by atoms with Crippen LogP contribution in [0.5, 0.6) is 0 Å². The van der Waals surface area contributed by atoms with Crippen LogP contribution in [0.25, 0.3) is 0 Å². The van der Waals surface area contributed by atoms with Crippen molar-refractivity contribution in [2.75, 3.05) is 18.5 Å². The lowest BCUT2D eigenvalue weighted by molar-refractivity contribution is -0.147. The van der Waals surface area contributed by atoms with E-state index >= 15 is 0 Å². The molecule has 0 spiro atoms. The van der Waals surface area contributed by atoms with Crippen LogP contribution >= 0.6 is 0 Å². The van der Waals surface area contributed by atoms with Crippen molar-refractivity contribution in [2.24, 2.45) is 0 Å². The number of nitrogens with zero attached hydrogens (tertiary/aromatic N) is 3.